The summed E-state index contributed by atoms with van der Waals surface area (Å²) in [6.07, 6.45) is 1.41. The molecule has 1 aromatic carbocycles. The molecule has 1 aromatic rings. The van der Waals surface area contributed by atoms with Crippen molar-refractivity contribution in [1.82, 2.24) is 5.32 Å². The zero-order chi connectivity index (χ0) is 15.0. The van der Waals surface area contributed by atoms with E-state index in [0.717, 1.165) is 18.7 Å². The van der Waals surface area contributed by atoms with Gasteiger partial charge in [-0.25, -0.2) is 0 Å². The lowest BCUT2D eigenvalue weighted by Gasteiger charge is -2.16. The summed E-state index contributed by atoms with van der Waals surface area (Å²) in [5, 5.41) is 3.50. The van der Waals surface area contributed by atoms with Crippen LogP contribution in [0.3, 0.4) is 0 Å². The summed E-state index contributed by atoms with van der Waals surface area (Å²) >= 11 is 0. The van der Waals surface area contributed by atoms with Crippen molar-refractivity contribution < 1.29 is 9.47 Å². The monoisotopic (exact) mass is 279 g/mol. The van der Waals surface area contributed by atoms with Crippen LogP contribution in [0.25, 0.3) is 0 Å². The van der Waals surface area contributed by atoms with Gasteiger partial charge in [0.25, 0.3) is 0 Å². The van der Waals surface area contributed by atoms with Crippen LogP contribution in [0.5, 0.6) is 5.75 Å². The number of rotatable bonds is 9. The third-order valence-corrected chi connectivity index (χ3v) is 3.19. The van der Waals surface area contributed by atoms with Crippen LogP contribution in [0.4, 0.5) is 0 Å². The van der Waals surface area contributed by atoms with Gasteiger partial charge in [0.05, 0.1) is 12.7 Å². The number of hydrogen-bond donors (Lipinski definition) is 1. The molecule has 0 spiro atoms. The highest BCUT2D eigenvalue weighted by Gasteiger charge is 2.07. The second kappa shape index (κ2) is 8.98. The molecule has 0 amide bonds. The Labute approximate surface area is 123 Å². The average molecular weight is 279 g/mol. The number of benzene rings is 1. The first-order valence-corrected chi connectivity index (χ1v) is 7.63. The maximum absolute atomic E-state index is 5.76. The molecule has 0 aliphatic rings. The quantitative estimate of drug-likeness (QED) is 0.696. The fourth-order valence-corrected chi connectivity index (χ4v) is 2.02. The van der Waals surface area contributed by atoms with Crippen molar-refractivity contribution in [1.29, 1.82) is 0 Å². The minimum absolute atomic E-state index is 0.257. The molecule has 0 heterocycles. The molecule has 20 heavy (non-hydrogen) atoms. The second-order valence-electron chi connectivity index (χ2n) is 5.47. The van der Waals surface area contributed by atoms with Crippen LogP contribution in [0.1, 0.15) is 51.3 Å². The van der Waals surface area contributed by atoms with Crippen LogP contribution in [0.2, 0.25) is 0 Å². The summed E-state index contributed by atoms with van der Waals surface area (Å²) in [6, 6.07) is 6.78. The maximum atomic E-state index is 5.76. The van der Waals surface area contributed by atoms with Crippen LogP contribution in [-0.2, 0) is 4.74 Å². The van der Waals surface area contributed by atoms with E-state index >= 15 is 0 Å². The first kappa shape index (κ1) is 17.0. The Morgan fingerprint density at radius 3 is 2.50 bits per heavy atom. The molecule has 0 aromatic heterocycles. The summed E-state index contributed by atoms with van der Waals surface area (Å²) in [7, 11) is 0. The van der Waals surface area contributed by atoms with Gasteiger partial charge in [0.2, 0.25) is 0 Å². The molecule has 0 aliphatic heterocycles. The molecule has 3 nitrogen and oxygen atoms in total. The highest BCUT2D eigenvalue weighted by molar-refractivity contribution is 5.37. The van der Waals surface area contributed by atoms with E-state index in [9.17, 15) is 0 Å². The van der Waals surface area contributed by atoms with Gasteiger partial charge in [-0.1, -0.05) is 19.1 Å². The first-order valence-electron chi connectivity index (χ1n) is 7.63. The standard InChI is InChI=1S/C17H29NO2/c1-6-9-18-15(5)16-7-8-17(14(4)12-16)20-11-10-19-13(2)3/h7-8,12-13,15,18H,6,9-11H2,1-5H3. The summed E-state index contributed by atoms with van der Waals surface area (Å²) in [5.74, 6) is 0.948. The molecule has 0 aliphatic carbocycles. The van der Waals surface area contributed by atoms with E-state index in [4.69, 9.17) is 9.47 Å². The Hall–Kier alpha value is -1.06. The van der Waals surface area contributed by atoms with Crippen molar-refractivity contribution in [3.63, 3.8) is 0 Å². The van der Waals surface area contributed by atoms with E-state index in [2.05, 4.69) is 44.3 Å². The van der Waals surface area contributed by atoms with E-state index in [1.54, 1.807) is 0 Å². The summed E-state index contributed by atoms with van der Waals surface area (Å²) in [6.45, 7) is 12.8. The van der Waals surface area contributed by atoms with Crippen molar-refractivity contribution in [2.45, 2.75) is 53.2 Å². The molecule has 0 fully saturated rings. The van der Waals surface area contributed by atoms with Crippen molar-refractivity contribution in [3.8, 4) is 5.75 Å². The minimum Gasteiger partial charge on any atom is -0.491 e. The van der Waals surface area contributed by atoms with Crippen molar-refractivity contribution in [3.05, 3.63) is 29.3 Å². The van der Waals surface area contributed by atoms with E-state index in [0.29, 0.717) is 19.3 Å². The summed E-state index contributed by atoms with van der Waals surface area (Å²) in [4.78, 5) is 0. The van der Waals surface area contributed by atoms with Gasteiger partial charge in [0.1, 0.15) is 12.4 Å². The largest absolute Gasteiger partial charge is 0.491 e. The number of aryl methyl sites for hydroxylation is 1. The Balaban J connectivity index is 2.50. The van der Waals surface area contributed by atoms with Gasteiger partial charge in [-0.3, -0.25) is 0 Å². The number of ether oxygens (including phenoxy) is 2. The molecule has 0 saturated carbocycles. The molecule has 1 N–H and O–H groups in total. The lowest BCUT2D eigenvalue weighted by Crippen LogP contribution is -2.19. The van der Waals surface area contributed by atoms with Gasteiger partial charge < -0.3 is 14.8 Å². The van der Waals surface area contributed by atoms with E-state index < -0.39 is 0 Å². The SMILES string of the molecule is CCCNC(C)c1ccc(OCCOC(C)C)c(C)c1. The van der Waals surface area contributed by atoms with Gasteiger partial charge in [-0.2, -0.15) is 0 Å². The Morgan fingerprint density at radius 1 is 1.15 bits per heavy atom. The highest BCUT2D eigenvalue weighted by Crippen LogP contribution is 2.22. The minimum atomic E-state index is 0.257. The first-order chi connectivity index (χ1) is 9.54. The number of nitrogens with one attached hydrogen (secondary N) is 1. The molecule has 0 saturated heterocycles. The Kier molecular flexibility index (Phi) is 7.63. The molecule has 0 radical (unpaired) electrons. The van der Waals surface area contributed by atoms with Gasteiger partial charge in [0, 0.05) is 6.04 Å². The zero-order valence-corrected chi connectivity index (χ0v) is 13.5. The molecule has 3 heteroatoms. The molecular formula is C17H29NO2. The average Bonchev–Trinajstić information content (AvgIpc) is 2.42. The van der Waals surface area contributed by atoms with E-state index in [1.807, 2.05) is 13.8 Å². The molecule has 1 atom stereocenters. The van der Waals surface area contributed by atoms with Crippen LogP contribution < -0.4 is 10.1 Å². The van der Waals surface area contributed by atoms with E-state index in [-0.39, 0.29) is 6.10 Å². The maximum Gasteiger partial charge on any atom is 0.122 e. The molecular weight excluding hydrogens is 250 g/mol. The third kappa shape index (κ3) is 5.93. The van der Waals surface area contributed by atoms with Gasteiger partial charge in [0.15, 0.2) is 0 Å². The van der Waals surface area contributed by atoms with Gasteiger partial charge >= 0.3 is 0 Å². The smallest absolute Gasteiger partial charge is 0.122 e. The van der Waals surface area contributed by atoms with Crippen molar-refractivity contribution in [2.24, 2.45) is 0 Å². The molecule has 0 bridgehead atoms. The van der Waals surface area contributed by atoms with Crippen LogP contribution in [0.15, 0.2) is 18.2 Å². The van der Waals surface area contributed by atoms with Crippen LogP contribution in [0, 0.1) is 6.92 Å². The lowest BCUT2D eigenvalue weighted by molar-refractivity contribution is 0.0551. The highest BCUT2D eigenvalue weighted by atomic mass is 16.5. The fourth-order valence-electron chi connectivity index (χ4n) is 2.02. The fraction of sp³-hybridized carbons (Fsp3) is 0.647. The van der Waals surface area contributed by atoms with Crippen LogP contribution >= 0.6 is 0 Å². The van der Waals surface area contributed by atoms with Gasteiger partial charge in [-0.15, -0.1) is 0 Å². The predicted molar refractivity (Wildman–Crippen MR) is 84.5 cm³/mol. The third-order valence-electron chi connectivity index (χ3n) is 3.19. The topological polar surface area (TPSA) is 30.5 Å². The van der Waals surface area contributed by atoms with Crippen molar-refractivity contribution >= 4 is 0 Å². The Morgan fingerprint density at radius 2 is 1.90 bits per heavy atom. The Bertz CT molecular complexity index is 391. The molecule has 1 rings (SSSR count). The lowest BCUT2D eigenvalue weighted by atomic mass is 10.0. The van der Waals surface area contributed by atoms with Crippen LogP contribution in [-0.4, -0.2) is 25.9 Å². The normalized spacial score (nSPS) is 12.7. The van der Waals surface area contributed by atoms with E-state index in [1.165, 1.54) is 11.1 Å². The second-order valence-corrected chi connectivity index (χ2v) is 5.47. The number of hydrogen-bond acceptors (Lipinski definition) is 3. The molecule has 114 valence electrons. The summed E-state index contributed by atoms with van der Waals surface area (Å²) < 4.78 is 11.2. The molecule has 1 unspecified atom stereocenters. The van der Waals surface area contributed by atoms with Crippen molar-refractivity contribution in [2.75, 3.05) is 19.8 Å². The summed E-state index contributed by atoms with van der Waals surface area (Å²) in [5.41, 5.74) is 2.49. The predicted octanol–water partition coefficient (Wildman–Crippen LogP) is 3.86. The zero-order valence-electron chi connectivity index (χ0n) is 13.5. The van der Waals surface area contributed by atoms with Gasteiger partial charge in [-0.05, 0) is 57.9 Å².